The second-order valence-electron chi connectivity index (χ2n) is 7.10. The Kier molecular flexibility index (Phi) is 7.26. The maximum atomic E-state index is 10.8. The van der Waals surface area contributed by atoms with Gasteiger partial charge in [0.2, 0.25) is 0 Å². The van der Waals surface area contributed by atoms with Gasteiger partial charge < -0.3 is 14.6 Å². The first-order chi connectivity index (χ1) is 10.6. The monoisotopic (exact) mass is 328 g/mol. The molecular formula is C18H32O3S. The number of rotatable bonds is 6. The molecule has 1 saturated heterocycles. The first-order valence-electron chi connectivity index (χ1n) is 8.81. The highest BCUT2D eigenvalue weighted by molar-refractivity contribution is 8.02. The fourth-order valence-electron chi connectivity index (χ4n) is 3.22. The highest BCUT2D eigenvalue weighted by Gasteiger charge is 2.43. The van der Waals surface area contributed by atoms with Crippen LogP contribution in [0.25, 0.3) is 0 Å². The fourth-order valence-corrected chi connectivity index (χ4v) is 4.26. The van der Waals surface area contributed by atoms with Crippen LogP contribution in [0.5, 0.6) is 0 Å². The van der Waals surface area contributed by atoms with Crippen molar-refractivity contribution in [3.63, 3.8) is 0 Å². The van der Waals surface area contributed by atoms with Gasteiger partial charge in [0, 0.05) is 12.0 Å². The fraction of sp³-hybridized carbons (Fsp3) is 0.889. The van der Waals surface area contributed by atoms with Crippen molar-refractivity contribution in [2.24, 2.45) is 5.41 Å². The maximum absolute atomic E-state index is 10.8. The molecule has 2 fully saturated rings. The number of ether oxygens (including phenoxy) is 2. The van der Waals surface area contributed by atoms with Gasteiger partial charge in [0.05, 0.1) is 12.2 Å². The average molecular weight is 329 g/mol. The number of unbranched alkanes of at least 4 members (excludes halogenated alkanes) is 1. The summed E-state index contributed by atoms with van der Waals surface area (Å²) in [6.07, 6.45) is 7.25. The third-order valence-electron chi connectivity index (χ3n) is 4.89. The molecule has 2 aliphatic rings. The Hall–Kier alpha value is -0.0300. The zero-order valence-electron chi connectivity index (χ0n) is 14.3. The molecule has 0 bridgehead atoms. The molecule has 128 valence electrons. The third-order valence-corrected chi connectivity index (χ3v) is 5.88. The van der Waals surface area contributed by atoms with Crippen molar-refractivity contribution in [1.29, 1.82) is 0 Å². The minimum Gasteiger partial charge on any atom is -0.388 e. The van der Waals surface area contributed by atoms with Gasteiger partial charge in [0.15, 0.2) is 6.29 Å². The molecule has 2 unspecified atom stereocenters. The lowest BCUT2D eigenvalue weighted by Crippen LogP contribution is -2.48. The summed E-state index contributed by atoms with van der Waals surface area (Å²) in [5.74, 6) is 1.14. The van der Waals surface area contributed by atoms with E-state index in [0.717, 1.165) is 38.0 Å². The minimum absolute atomic E-state index is 0.0726. The molecule has 2 rings (SSSR count). The van der Waals surface area contributed by atoms with E-state index >= 15 is 0 Å². The van der Waals surface area contributed by atoms with Crippen LogP contribution in [-0.4, -0.2) is 36.0 Å². The Labute approximate surface area is 139 Å². The highest BCUT2D eigenvalue weighted by atomic mass is 32.2. The quantitative estimate of drug-likeness (QED) is 0.729. The Morgan fingerprint density at radius 1 is 1.36 bits per heavy atom. The summed E-state index contributed by atoms with van der Waals surface area (Å²) in [5.41, 5.74) is 0.923. The van der Waals surface area contributed by atoms with Gasteiger partial charge in [-0.25, -0.2) is 0 Å². The van der Waals surface area contributed by atoms with Crippen LogP contribution >= 0.6 is 11.8 Å². The van der Waals surface area contributed by atoms with Crippen molar-refractivity contribution >= 4 is 11.8 Å². The summed E-state index contributed by atoms with van der Waals surface area (Å²) in [6.45, 7) is 7.25. The van der Waals surface area contributed by atoms with Crippen molar-refractivity contribution in [2.75, 3.05) is 12.4 Å². The van der Waals surface area contributed by atoms with Gasteiger partial charge >= 0.3 is 0 Å². The molecule has 3 nitrogen and oxygen atoms in total. The van der Waals surface area contributed by atoms with Crippen LogP contribution in [0.1, 0.15) is 65.7 Å². The Bertz CT molecular complexity index is 361. The van der Waals surface area contributed by atoms with Crippen LogP contribution in [-0.2, 0) is 9.47 Å². The van der Waals surface area contributed by atoms with Gasteiger partial charge in [-0.1, -0.05) is 27.2 Å². The highest BCUT2D eigenvalue weighted by Crippen LogP contribution is 2.42. The first kappa shape index (κ1) is 18.3. The van der Waals surface area contributed by atoms with E-state index in [2.05, 4.69) is 26.2 Å². The van der Waals surface area contributed by atoms with Crippen LogP contribution in [0.4, 0.5) is 0 Å². The number of aliphatic hydroxyl groups is 1. The molecule has 1 saturated carbocycles. The van der Waals surface area contributed by atoms with Crippen molar-refractivity contribution in [2.45, 2.75) is 84.2 Å². The molecule has 4 heteroatoms. The molecule has 0 radical (unpaired) electrons. The van der Waals surface area contributed by atoms with E-state index in [1.165, 1.54) is 24.8 Å². The average Bonchev–Trinajstić information content (AvgIpc) is 2.52. The number of aliphatic hydroxyl groups excluding tert-OH is 1. The van der Waals surface area contributed by atoms with Crippen LogP contribution in [0.3, 0.4) is 0 Å². The summed E-state index contributed by atoms with van der Waals surface area (Å²) in [7, 11) is 0. The summed E-state index contributed by atoms with van der Waals surface area (Å²) in [6, 6.07) is 0. The molecule has 1 aliphatic carbocycles. The molecule has 22 heavy (non-hydrogen) atoms. The van der Waals surface area contributed by atoms with Gasteiger partial charge in [0.1, 0.15) is 0 Å². The number of hydrogen-bond acceptors (Lipinski definition) is 4. The van der Waals surface area contributed by atoms with Crippen LogP contribution in [0.2, 0.25) is 0 Å². The van der Waals surface area contributed by atoms with Gasteiger partial charge in [-0.3, -0.25) is 0 Å². The molecule has 1 aliphatic heterocycles. The lowest BCUT2D eigenvalue weighted by Gasteiger charge is -2.45. The SMILES string of the molecule is CCCCSC=C1CC[C@H](OC2CCCCO2)C(C)(C)C1O. The normalized spacial score (nSPS) is 34.0. The largest absolute Gasteiger partial charge is 0.388 e. The maximum Gasteiger partial charge on any atom is 0.157 e. The minimum atomic E-state index is -0.413. The molecule has 3 atom stereocenters. The Balaban J connectivity index is 1.91. The van der Waals surface area contributed by atoms with E-state index in [4.69, 9.17) is 9.47 Å². The van der Waals surface area contributed by atoms with E-state index in [0.29, 0.717) is 0 Å². The summed E-state index contributed by atoms with van der Waals surface area (Å²) < 4.78 is 11.9. The van der Waals surface area contributed by atoms with E-state index < -0.39 is 6.10 Å². The predicted molar refractivity (Wildman–Crippen MR) is 92.9 cm³/mol. The van der Waals surface area contributed by atoms with Crippen LogP contribution in [0.15, 0.2) is 11.0 Å². The van der Waals surface area contributed by atoms with Crippen LogP contribution < -0.4 is 0 Å². The van der Waals surface area contributed by atoms with Crippen molar-refractivity contribution < 1.29 is 14.6 Å². The summed E-state index contributed by atoms with van der Waals surface area (Å²) >= 11 is 1.84. The second kappa shape index (κ2) is 8.72. The van der Waals surface area contributed by atoms with Gasteiger partial charge in [0.25, 0.3) is 0 Å². The van der Waals surface area contributed by atoms with Gasteiger partial charge in [-0.15, -0.1) is 11.8 Å². The molecule has 0 amide bonds. The van der Waals surface area contributed by atoms with E-state index in [-0.39, 0.29) is 17.8 Å². The van der Waals surface area contributed by atoms with Crippen molar-refractivity contribution in [1.82, 2.24) is 0 Å². The molecule has 0 aromatic carbocycles. The number of hydrogen-bond donors (Lipinski definition) is 1. The molecule has 0 aromatic rings. The lowest BCUT2D eigenvalue weighted by molar-refractivity contribution is -0.223. The molecule has 1 N–H and O–H groups in total. The standard InChI is InChI=1S/C18H32O3S/c1-4-5-12-22-13-14-9-10-15(18(2,3)17(14)19)21-16-8-6-7-11-20-16/h13,15-17,19H,4-12H2,1-3H3/t15-,16?,17?/m0/s1. The molecule has 0 spiro atoms. The zero-order chi connectivity index (χ0) is 16.0. The Morgan fingerprint density at radius 2 is 2.18 bits per heavy atom. The predicted octanol–water partition coefficient (Wildman–Crippen LogP) is 4.50. The van der Waals surface area contributed by atoms with Gasteiger partial charge in [-0.2, -0.15) is 0 Å². The summed E-state index contributed by atoms with van der Waals surface area (Å²) in [4.78, 5) is 0. The van der Waals surface area contributed by atoms with E-state index in [1.807, 2.05) is 11.8 Å². The number of thioether (sulfide) groups is 1. The van der Waals surface area contributed by atoms with Crippen molar-refractivity contribution in [3.8, 4) is 0 Å². The lowest BCUT2D eigenvalue weighted by atomic mass is 9.70. The van der Waals surface area contributed by atoms with Crippen molar-refractivity contribution in [3.05, 3.63) is 11.0 Å². The van der Waals surface area contributed by atoms with Crippen LogP contribution in [0, 0.1) is 5.41 Å². The molecule has 1 heterocycles. The third kappa shape index (κ3) is 4.73. The zero-order valence-corrected chi connectivity index (χ0v) is 15.2. The Morgan fingerprint density at radius 3 is 2.86 bits per heavy atom. The van der Waals surface area contributed by atoms with E-state index in [1.54, 1.807) is 0 Å². The smallest absolute Gasteiger partial charge is 0.157 e. The van der Waals surface area contributed by atoms with Gasteiger partial charge in [-0.05, 0) is 55.3 Å². The topological polar surface area (TPSA) is 38.7 Å². The second-order valence-corrected chi connectivity index (χ2v) is 8.08. The van der Waals surface area contributed by atoms with E-state index in [9.17, 15) is 5.11 Å². The molecular weight excluding hydrogens is 296 g/mol. The first-order valence-corrected chi connectivity index (χ1v) is 9.86. The molecule has 0 aromatic heterocycles. The summed E-state index contributed by atoms with van der Waals surface area (Å²) in [5, 5.41) is 12.9.